The Morgan fingerprint density at radius 3 is 2.65 bits per heavy atom. The molecule has 1 aromatic heterocycles. The lowest BCUT2D eigenvalue weighted by atomic mass is 10.2. The average molecular weight is 287 g/mol. The molecule has 0 amide bonds. The van der Waals surface area contributed by atoms with Gasteiger partial charge in [0.1, 0.15) is 0 Å². The molecule has 84 valence electrons. The number of fused-ring (bicyclic) bond motifs is 1. The topological polar surface area (TPSA) is 17.8 Å². The van der Waals surface area contributed by atoms with Gasteiger partial charge < -0.3 is 0 Å². The maximum Gasteiger partial charge on any atom is 0.0697 e. The van der Waals surface area contributed by atoms with Crippen molar-refractivity contribution >= 4 is 26.8 Å². The van der Waals surface area contributed by atoms with Crippen molar-refractivity contribution in [1.29, 1.82) is 0 Å². The van der Waals surface area contributed by atoms with Crippen LogP contribution in [0, 0.1) is 0 Å². The van der Waals surface area contributed by atoms with Crippen LogP contribution in [0.15, 0.2) is 59.2 Å². The van der Waals surface area contributed by atoms with Crippen LogP contribution in [0.4, 0.5) is 0 Å². The molecule has 0 saturated heterocycles. The lowest BCUT2D eigenvalue weighted by Crippen LogP contribution is -2.00. The van der Waals surface area contributed by atoms with E-state index in [1.165, 1.54) is 5.56 Å². The van der Waals surface area contributed by atoms with Gasteiger partial charge in [-0.3, -0.25) is 4.68 Å². The molecule has 17 heavy (non-hydrogen) atoms. The highest BCUT2D eigenvalue weighted by atomic mass is 79.9. The second kappa shape index (κ2) is 4.34. The largest absolute Gasteiger partial charge is 0.260 e. The minimum Gasteiger partial charge on any atom is -0.260 e. The first-order valence-corrected chi connectivity index (χ1v) is 6.28. The summed E-state index contributed by atoms with van der Waals surface area (Å²) in [5.41, 5.74) is 2.42. The first kappa shape index (κ1) is 10.5. The van der Waals surface area contributed by atoms with E-state index in [1.807, 2.05) is 29.1 Å². The molecule has 0 unspecified atom stereocenters. The Labute approximate surface area is 108 Å². The Kier molecular flexibility index (Phi) is 2.69. The Morgan fingerprint density at radius 1 is 1.00 bits per heavy atom. The number of aromatic nitrogens is 2. The van der Waals surface area contributed by atoms with Crippen LogP contribution in [0.2, 0.25) is 0 Å². The van der Waals surface area contributed by atoms with E-state index in [1.54, 1.807) is 0 Å². The molecule has 0 fully saturated rings. The lowest BCUT2D eigenvalue weighted by molar-refractivity contribution is 0.712. The molecule has 3 rings (SSSR count). The van der Waals surface area contributed by atoms with Crippen molar-refractivity contribution in [2.24, 2.45) is 0 Å². The zero-order valence-corrected chi connectivity index (χ0v) is 10.8. The maximum absolute atomic E-state index is 4.44. The van der Waals surface area contributed by atoms with Crippen molar-refractivity contribution in [2.75, 3.05) is 0 Å². The molecule has 0 aliphatic carbocycles. The first-order chi connectivity index (χ1) is 8.34. The van der Waals surface area contributed by atoms with Gasteiger partial charge in [0.2, 0.25) is 0 Å². The number of nitrogens with zero attached hydrogens (tertiary/aromatic N) is 2. The third-order valence-corrected chi connectivity index (χ3v) is 3.50. The number of hydrogen-bond acceptors (Lipinski definition) is 1. The predicted octanol–water partition coefficient (Wildman–Crippen LogP) is 3.85. The van der Waals surface area contributed by atoms with Crippen LogP contribution >= 0.6 is 15.9 Å². The van der Waals surface area contributed by atoms with Crippen LogP contribution in [-0.2, 0) is 6.54 Å². The van der Waals surface area contributed by atoms with Gasteiger partial charge in [-0.15, -0.1) is 0 Å². The van der Waals surface area contributed by atoms with E-state index in [4.69, 9.17) is 0 Å². The van der Waals surface area contributed by atoms with Crippen LogP contribution in [0.25, 0.3) is 10.9 Å². The van der Waals surface area contributed by atoms with Crippen molar-refractivity contribution in [3.8, 4) is 0 Å². The molecule has 0 atom stereocenters. The van der Waals surface area contributed by atoms with E-state index in [2.05, 4.69) is 51.4 Å². The lowest BCUT2D eigenvalue weighted by Gasteiger charge is -2.03. The molecule has 0 aliphatic rings. The molecule has 0 radical (unpaired) electrons. The van der Waals surface area contributed by atoms with Gasteiger partial charge in [-0.25, -0.2) is 0 Å². The van der Waals surface area contributed by atoms with Crippen molar-refractivity contribution in [1.82, 2.24) is 9.78 Å². The predicted molar refractivity (Wildman–Crippen MR) is 73.0 cm³/mol. The van der Waals surface area contributed by atoms with Gasteiger partial charge in [0.25, 0.3) is 0 Å². The highest BCUT2D eigenvalue weighted by Crippen LogP contribution is 2.23. The fourth-order valence-corrected chi connectivity index (χ4v) is 2.41. The molecular weight excluding hydrogens is 276 g/mol. The summed E-state index contributed by atoms with van der Waals surface area (Å²) < 4.78 is 3.12. The molecule has 0 N–H and O–H groups in total. The van der Waals surface area contributed by atoms with E-state index in [0.717, 1.165) is 21.9 Å². The summed E-state index contributed by atoms with van der Waals surface area (Å²) >= 11 is 3.54. The Morgan fingerprint density at radius 2 is 1.82 bits per heavy atom. The molecule has 0 aliphatic heterocycles. The Balaban J connectivity index is 2.05. The number of benzene rings is 2. The molecule has 3 heteroatoms. The van der Waals surface area contributed by atoms with Gasteiger partial charge >= 0.3 is 0 Å². The molecule has 3 aromatic rings. The van der Waals surface area contributed by atoms with Crippen LogP contribution in [0.5, 0.6) is 0 Å². The maximum atomic E-state index is 4.44. The fraction of sp³-hybridized carbons (Fsp3) is 0.0714. The molecule has 0 bridgehead atoms. The molecule has 0 spiro atoms. The fourth-order valence-electron chi connectivity index (χ4n) is 1.95. The van der Waals surface area contributed by atoms with Gasteiger partial charge in [0.15, 0.2) is 0 Å². The zero-order chi connectivity index (χ0) is 11.7. The number of halogens is 1. The Hall–Kier alpha value is -1.61. The summed E-state index contributed by atoms with van der Waals surface area (Å²) in [4.78, 5) is 0. The molecule has 2 nitrogen and oxygen atoms in total. The summed E-state index contributed by atoms with van der Waals surface area (Å²) in [6.45, 7) is 0.806. The third kappa shape index (κ3) is 1.98. The minimum absolute atomic E-state index is 0.806. The van der Waals surface area contributed by atoms with E-state index >= 15 is 0 Å². The van der Waals surface area contributed by atoms with Crippen LogP contribution < -0.4 is 0 Å². The van der Waals surface area contributed by atoms with E-state index in [0.29, 0.717) is 0 Å². The van der Waals surface area contributed by atoms with E-state index in [9.17, 15) is 0 Å². The molecule has 1 heterocycles. The highest BCUT2D eigenvalue weighted by Gasteiger charge is 2.05. The van der Waals surface area contributed by atoms with Gasteiger partial charge in [-0.05, 0) is 17.7 Å². The van der Waals surface area contributed by atoms with Crippen molar-refractivity contribution in [3.63, 3.8) is 0 Å². The second-order valence-corrected chi connectivity index (χ2v) is 4.81. The average Bonchev–Trinajstić information content (AvgIpc) is 2.76. The smallest absolute Gasteiger partial charge is 0.0697 e. The van der Waals surface area contributed by atoms with Crippen LogP contribution in [0.3, 0.4) is 0 Å². The van der Waals surface area contributed by atoms with Crippen molar-refractivity contribution < 1.29 is 0 Å². The standard InChI is InChI=1S/C14H11BrN2/c15-13-7-4-8-14-12(13)9-16-17(14)10-11-5-2-1-3-6-11/h1-9H,10H2. The van der Waals surface area contributed by atoms with Crippen LogP contribution in [0.1, 0.15) is 5.56 Å². The van der Waals surface area contributed by atoms with Gasteiger partial charge in [-0.2, -0.15) is 5.10 Å². The zero-order valence-electron chi connectivity index (χ0n) is 9.18. The second-order valence-electron chi connectivity index (χ2n) is 3.96. The SMILES string of the molecule is Brc1cccc2c1cnn2Cc1ccccc1. The molecular formula is C14H11BrN2. The quantitative estimate of drug-likeness (QED) is 0.700. The Bertz CT molecular complexity index is 644. The van der Waals surface area contributed by atoms with E-state index < -0.39 is 0 Å². The summed E-state index contributed by atoms with van der Waals surface area (Å²) in [7, 11) is 0. The first-order valence-electron chi connectivity index (χ1n) is 5.48. The molecule has 2 aromatic carbocycles. The van der Waals surface area contributed by atoms with E-state index in [-0.39, 0.29) is 0 Å². The summed E-state index contributed by atoms with van der Waals surface area (Å²) in [5, 5.41) is 5.59. The van der Waals surface area contributed by atoms with Crippen LogP contribution in [-0.4, -0.2) is 9.78 Å². The normalized spacial score (nSPS) is 10.9. The number of rotatable bonds is 2. The summed E-state index contributed by atoms with van der Waals surface area (Å²) in [6.07, 6.45) is 1.91. The minimum atomic E-state index is 0.806. The van der Waals surface area contributed by atoms with Gasteiger partial charge in [-0.1, -0.05) is 52.3 Å². The van der Waals surface area contributed by atoms with Crippen molar-refractivity contribution in [3.05, 3.63) is 64.8 Å². The van der Waals surface area contributed by atoms with Crippen molar-refractivity contribution in [2.45, 2.75) is 6.54 Å². The highest BCUT2D eigenvalue weighted by molar-refractivity contribution is 9.10. The monoisotopic (exact) mass is 286 g/mol. The van der Waals surface area contributed by atoms with Gasteiger partial charge in [0.05, 0.1) is 18.3 Å². The third-order valence-electron chi connectivity index (χ3n) is 2.81. The van der Waals surface area contributed by atoms with Gasteiger partial charge in [0, 0.05) is 9.86 Å². The molecule has 0 saturated carbocycles. The number of hydrogen-bond donors (Lipinski definition) is 0. The summed E-state index contributed by atoms with van der Waals surface area (Å²) in [5.74, 6) is 0. The summed E-state index contributed by atoms with van der Waals surface area (Å²) in [6, 6.07) is 16.5.